The van der Waals surface area contributed by atoms with Crippen molar-refractivity contribution in [3.05, 3.63) is 90.5 Å². The zero-order chi connectivity index (χ0) is 16.4. The van der Waals surface area contributed by atoms with E-state index in [1.54, 1.807) is 36.4 Å². The van der Waals surface area contributed by atoms with Crippen LogP contribution in [0, 0.1) is 0 Å². The van der Waals surface area contributed by atoms with Crippen LogP contribution in [0.25, 0.3) is 22.3 Å². The summed E-state index contributed by atoms with van der Waals surface area (Å²) >= 11 is 0. The minimum absolute atomic E-state index is 0.368. The van der Waals surface area contributed by atoms with Crippen LogP contribution < -0.4 is 4.74 Å². The summed E-state index contributed by atoms with van der Waals surface area (Å²) in [5.74, 6) is 0.924. The van der Waals surface area contributed by atoms with E-state index in [9.17, 15) is 4.79 Å². The van der Waals surface area contributed by atoms with Gasteiger partial charge in [0.2, 0.25) is 0 Å². The normalized spacial score (nSPS) is 10.7. The van der Waals surface area contributed by atoms with Crippen LogP contribution in [-0.4, -0.2) is 5.97 Å². The van der Waals surface area contributed by atoms with E-state index in [1.807, 2.05) is 48.5 Å². The Morgan fingerprint density at radius 2 is 1.50 bits per heavy atom. The summed E-state index contributed by atoms with van der Waals surface area (Å²) in [6, 6.07) is 26.1. The van der Waals surface area contributed by atoms with Gasteiger partial charge >= 0.3 is 5.97 Å². The van der Waals surface area contributed by atoms with Gasteiger partial charge in [-0.3, -0.25) is 0 Å². The number of carbonyl (C=O) groups excluding carboxylic acids is 1. The Bertz CT molecular complexity index is 949. The molecule has 3 nitrogen and oxygen atoms in total. The van der Waals surface area contributed by atoms with Gasteiger partial charge in [0, 0.05) is 10.9 Å². The maximum atomic E-state index is 12.0. The number of benzene rings is 3. The molecule has 0 amide bonds. The first-order valence-electron chi connectivity index (χ1n) is 7.66. The van der Waals surface area contributed by atoms with E-state index < -0.39 is 0 Å². The lowest BCUT2D eigenvalue weighted by atomic mass is 10.1. The van der Waals surface area contributed by atoms with Crippen LogP contribution in [0.15, 0.2) is 89.3 Å². The van der Waals surface area contributed by atoms with Crippen LogP contribution in [0.1, 0.15) is 10.4 Å². The van der Waals surface area contributed by atoms with E-state index in [0.717, 1.165) is 22.3 Å². The van der Waals surface area contributed by atoms with Crippen molar-refractivity contribution < 1.29 is 13.9 Å². The van der Waals surface area contributed by atoms with Gasteiger partial charge in [-0.1, -0.05) is 36.4 Å². The highest BCUT2D eigenvalue weighted by molar-refractivity contribution is 5.91. The molecule has 0 saturated heterocycles. The van der Waals surface area contributed by atoms with Crippen molar-refractivity contribution in [1.29, 1.82) is 0 Å². The third kappa shape index (κ3) is 2.79. The fraction of sp³-hybridized carbons (Fsp3) is 0. The molecule has 0 aliphatic rings. The highest BCUT2D eigenvalue weighted by atomic mass is 16.5. The fourth-order valence-electron chi connectivity index (χ4n) is 2.55. The minimum Gasteiger partial charge on any atom is -0.456 e. The number of fused-ring (bicyclic) bond motifs is 1. The maximum absolute atomic E-state index is 12.0. The molecule has 0 bridgehead atoms. The molecular weight excluding hydrogens is 300 g/mol. The summed E-state index contributed by atoms with van der Waals surface area (Å²) in [6.45, 7) is 0. The van der Waals surface area contributed by atoms with Crippen LogP contribution in [0.2, 0.25) is 0 Å². The first kappa shape index (κ1) is 14.3. The molecule has 0 fully saturated rings. The van der Waals surface area contributed by atoms with Gasteiger partial charge in [-0.15, -0.1) is 0 Å². The second-order valence-electron chi connectivity index (χ2n) is 5.43. The molecule has 0 radical (unpaired) electrons. The molecule has 3 aromatic carbocycles. The van der Waals surface area contributed by atoms with E-state index in [2.05, 4.69) is 0 Å². The van der Waals surface area contributed by atoms with Crippen molar-refractivity contribution in [2.24, 2.45) is 0 Å². The molecule has 0 aliphatic heterocycles. The predicted molar refractivity (Wildman–Crippen MR) is 93.1 cm³/mol. The van der Waals surface area contributed by atoms with Crippen LogP contribution in [0.4, 0.5) is 0 Å². The third-order valence-corrected chi connectivity index (χ3v) is 3.78. The lowest BCUT2D eigenvalue weighted by Gasteiger charge is -2.05. The Morgan fingerprint density at radius 3 is 2.25 bits per heavy atom. The number of furan rings is 1. The van der Waals surface area contributed by atoms with E-state index in [4.69, 9.17) is 9.15 Å². The monoisotopic (exact) mass is 314 g/mol. The zero-order valence-corrected chi connectivity index (χ0v) is 12.8. The number of rotatable bonds is 3. The first-order chi connectivity index (χ1) is 11.8. The Hall–Kier alpha value is -3.33. The summed E-state index contributed by atoms with van der Waals surface area (Å²) in [4.78, 5) is 12.0. The van der Waals surface area contributed by atoms with Crippen molar-refractivity contribution >= 4 is 16.9 Å². The van der Waals surface area contributed by atoms with Crippen LogP contribution in [-0.2, 0) is 0 Å². The number of ether oxygens (including phenoxy) is 1. The highest BCUT2D eigenvalue weighted by Crippen LogP contribution is 2.29. The first-order valence-corrected chi connectivity index (χ1v) is 7.66. The molecule has 0 unspecified atom stereocenters. The summed E-state index contributed by atoms with van der Waals surface area (Å²) in [6.07, 6.45) is 0. The van der Waals surface area contributed by atoms with Crippen molar-refractivity contribution in [2.45, 2.75) is 0 Å². The molecule has 0 atom stereocenters. The standard InChI is InChI=1S/C21H14O3/c22-21(16-6-2-1-3-7-16)23-18-12-10-15(11-13-18)20-14-17-8-4-5-9-19(17)24-20/h1-14H. The topological polar surface area (TPSA) is 39.4 Å². The van der Waals surface area contributed by atoms with E-state index in [0.29, 0.717) is 11.3 Å². The summed E-state index contributed by atoms with van der Waals surface area (Å²) in [7, 11) is 0. The molecule has 0 aliphatic carbocycles. The van der Waals surface area contributed by atoms with Crippen LogP contribution in [0.3, 0.4) is 0 Å². The van der Waals surface area contributed by atoms with Gasteiger partial charge < -0.3 is 9.15 Å². The number of para-hydroxylation sites is 1. The van der Waals surface area contributed by atoms with Gasteiger partial charge in [0.1, 0.15) is 17.1 Å². The van der Waals surface area contributed by atoms with Crippen LogP contribution in [0.5, 0.6) is 5.75 Å². The van der Waals surface area contributed by atoms with Crippen molar-refractivity contribution in [3.63, 3.8) is 0 Å². The average molecular weight is 314 g/mol. The number of hydrogen-bond acceptors (Lipinski definition) is 3. The SMILES string of the molecule is O=C(Oc1ccc(-c2cc3ccccc3o2)cc1)c1ccccc1. The van der Waals surface area contributed by atoms with E-state index in [1.165, 1.54) is 0 Å². The zero-order valence-electron chi connectivity index (χ0n) is 12.8. The number of hydrogen-bond donors (Lipinski definition) is 0. The summed E-state index contributed by atoms with van der Waals surface area (Å²) in [5, 5.41) is 1.06. The Kier molecular flexibility index (Phi) is 3.60. The average Bonchev–Trinajstić information content (AvgIpc) is 3.07. The molecule has 3 heteroatoms. The minimum atomic E-state index is -0.368. The van der Waals surface area contributed by atoms with Gasteiger partial charge in [0.25, 0.3) is 0 Å². The summed E-state index contributed by atoms with van der Waals surface area (Å²) in [5.41, 5.74) is 2.32. The van der Waals surface area contributed by atoms with Crippen LogP contribution >= 0.6 is 0 Å². The maximum Gasteiger partial charge on any atom is 0.343 e. The van der Waals surface area contributed by atoms with E-state index in [-0.39, 0.29) is 5.97 Å². The van der Waals surface area contributed by atoms with Crippen molar-refractivity contribution in [3.8, 4) is 17.1 Å². The van der Waals surface area contributed by atoms with Gasteiger partial charge in [-0.25, -0.2) is 4.79 Å². The van der Waals surface area contributed by atoms with Gasteiger partial charge in [-0.2, -0.15) is 0 Å². The van der Waals surface area contributed by atoms with Crippen molar-refractivity contribution in [1.82, 2.24) is 0 Å². The number of esters is 1. The lowest BCUT2D eigenvalue weighted by molar-refractivity contribution is 0.0735. The van der Waals surface area contributed by atoms with E-state index >= 15 is 0 Å². The quantitative estimate of drug-likeness (QED) is 0.379. The van der Waals surface area contributed by atoms with Gasteiger partial charge in [0.05, 0.1) is 5.56 Å². The highest BCUT2D eigenvalue weighted by Gasteiger charge is 2.09. The number of carbonyl (C=O) groups is 1. The molecular formula is C21H14O3. The smallest absolute Gasteiger partial charge is 0.343 e. The Labute approximate surface area is 139 Å². The Morgan fingerprint density at radius 1 is 0.792 bits per heavy atom. The molecule has 0 N–H and O–H groups in total. The third-order valence-electron chi connectivity index (χ3n) is 3.78. The molecule has 1 heterocycles. The molecule has 0 saturated carbocycles. The lowest BCUT2D eigenvalue weighted by Crippen LogP contribution is -2.07. The fourth-order valence-corrected chi connectivity index (χ4v) is 2.55. The largest absolute Gasteiger partial charge is 0.456 e. The van der Waals surface area contributed by atoms with Gasteiger partial charge in [0.15, 0.2) is 0 Å². The molecule has 4 aromatic rings. The summed E-state index contributed by atoms with van der Waals surface area (Å²) < 4.78 is 11.2. The molecule has 0 spiro atoms. The molecule has 1 aromatic heterocycles. The molecule has 4 rings (SSSR count). The predicted octanol–water partition coefficient (Wildman–Crippen LogP) is 5.32. The van der Waals surface area contributed by atoms with Crippen molar-refractivity contribution in [2.75, 3.05) is 0 Å². The Balaban J connectivity index is 1.55. The second kappa shape index (κ2) is 6.05. The molecule has 116 valence electrons. The second-order valence-corrected chi connectivity index (χ2v) is 5.43. The van der Waals surface area contributed by atoms with Gasteiger partial charge in [-0.05, 0) is 48.5 Å². The molecule has 24 heavy (non-hydrogen) atoms.